The van der Waals surface area contributed by atoms with Gasteiger partial charge in [-0.05, 0) is 44.0 Å². The Morgan fingerprint density at radius 3 is 2.61 bits per heavy atom. The largest absolute Gasteiger partial charge is 0.416 e. The molecular weight excluding hydrogens is 332 g/mol. The van der Waals surface area contributed by atoms with Crippen LogP contribution in [0.15, 0.2) is 33.9 Å². The van der Waals surface area contributed by atoms with Gasteiger partial charge in [0.2, 0.25) is 5.89 Å². The van der Waals surface area contributed by atoms with E-state index in [9.17, 15) is 4.79 Å². The first-order valence-electron chi connectivity index (χ1n) is 7.93. The van der Waals surface area contributed by atoms with Crippen LogP contribution in [-0.2, 0) is 0 Å². The molecule has 1 aliphatic rings. The summed E-state index contributed by atoms with van der Waals surface area (Å²) in [6, 6.07) is 6.92. The van der Waals surface area contributed by atoms with E-state index in [4.69, 9.17) is 16.0 Å². The number of hydrogen-bond acceptors (Lipinski definition) is 5. The van der Waals surface area contributed by atoms with Crippen LogP contribution in [0.4, 0.5) is 0 Å². The van der Waals surface area contributed by atoms with E-state index in [-0.39, 0.29) is 11.0 Å². The second-order valence-electron chi connectivity index (χ2n) is 5.87. The predicted octanol–water partition coefficient (Wildman–Crippen LogP) is 5.13. The number of nitrogens with zero attached hydrogens (tertiary/aromatic N) is 2. The number of Topliss-reactive ketones (excluding diaryl/α,β-unsaturated/α-hetero) is 1. The van der Waals surface area contributed by atoms with Gasteiger partial charge in [-0.2, -0.15) is 0 Å². The Hall–Kier alpha value is -1.33. The molecule has 23 heavy (non-hydrogen) atoms. The van der Waals surface area contributed by atoms with Crippen molar-refractivity contribution in [3.05, 3.63) is 40.7 Å². The lowest BCUT2D eigenvalue weighted by atomic mass is 9.89. The van der Waals surface area contributed by atoms with Crippen molar-refractivity contribution in [2.75, 3.05) is 0 Å². The predicted molar refractivity (Wildman–Crippen MR) is 91.2 cm³/mol. The highest BCUT2D eigenvalue weighted by molar-refractivity contribution is 8.00. The van der Waals surface area contributed by atoms with Crippen molar-refractivity contribution >= 4 is 29.1 Å². The number of aromatic nitrogens is 2. The molecule has 4 nitrogen and oxygen atoms in total. The van der Waals surface area contributed by atoms with Crippen LogP contribution >= 0.6 is 23.4 Å². The third-order valence-electron chi connectivity index (χ3n) is 4.15. The zero-order valence-electron chi connectivity index (χ0n) is 13.0. The van der Waals surface area contributed by atoms with Crippen LogP contribution in [-0.4, -0.2) is 21.2 Å². The number of rotatable bonds is 5. The van der Waals surface area contributed by atoms with E-state index in [0.717, 1.165) is 18.7 Å². The molecule has 1 aromatic carbocycles. The normalized spacial score (nSPS) is 17.1. The number of ketones is 1. The quantitative estimate of drug-likeness (QED) is 0.552. The third-order valence-corrected chi connectivity index (χ3v) is 5.34. The van der Waals surface area contributed by atoms with Gasteiger partial charge in [0.15, 0.2) is 5.78 Å². The third kappa shape index (κ3) is 4.15. The molecule has 1 aromatic heterocycles. The molecule has 0 N–H and O–H groups in total. The minimum Gasteiger partial charge on any atom is -0.416 e. The topological polar surface area (TPSA) is 56.0 Å². The van der Waals surface area contributed by atoms with Crippen LogP contribution in [0.5, 0.6) is 0 Å². The van der Waals surface area contributed by atoms with Crippen LogP contribution in [0.2, 0.25) is 5.02 Å². The zero-order valence-corrected chi connectivity index (χ0v) is 14.6. The number of carbonyl (C=O) groups excluding carboxylic acids is 1. The van der Waals surface area contributed by atoms with E-state index >= 15 is 0 Å². The average Bonchev–Trinajstić information content (AvgIpc) is 3.04. The fraction of sp³-hybridized carbons (Fsp3) is 0.471. The second-order valence-corrected chi connectivity index (χ2v) is 7.60. The Bertz CT molecular complexity index is 665. The molecule has 1 unspecified atom stereocenters. The van der Waals surface area contributed by atoms with E-state index in [0.29, 0.717) is 21.7 Å². The lowest BCUT2D eigenvalue weighted by Gasteiger charge is -2.17. The zero-order chi connectivity index (χ0) is 16.2. The lowest BCUT2D eigenvalue weighted by molar-refractivity contribution is 0.0993. The Kier molecular flexibility index (Phi) is 5.38. The molecule has 0 saturated heterocycles. The maximum absolute atomic E-state index is 12.4. The molecule has 0 amide bonds. The summed E-state index contributed by atoms with van der Waals surface area (Å²) in [4.78, 5) is 12.4. The van der Waals surface area contributed by atoms with E-state index in [2.05, 4.69) is 10.2 Å². The minimum absolute atomic E-state index is 0.0316. The number of carbonyl (C=O) groups is 1. The fourth-order valence-corrected chi connectivity index (χ4v) is 3.73. The molecule has 1 fully saturated rings. The average molecular weight is 351 g/mol. The van der Waals surface area contributed by atoms with E-state index in [1.807, 2.05) is 6.92 Å². The van der Waals surface area contributed by atoms with Gasteiger partial charge in [0.1, 0.15) is 0 Å². The van der Waals surface area contributed by atoms with Crippen LogP contribution in [0.1, 0.15) is 61.2 Å². The Morgan fingerprint density at radius 2 is 1.91 bits per heavy atom. The highest BCUT2D eigenvalue weighted by Crippen LogP contribution is 2.34. The molecule has 1 atom stereocenters. The maximum Gasteiger partial charge on any atom is 0.277 e. The summed E-state index contributed by atoms with van der Waals surface area (Å²) in [6.07, 6.45) is 5.97. The first-order chi connectivity index (χ1) is 11.1. The molecule has 2 aromatic rings. The van der Waals surface area contributed by atoms with Gasteiger partial charge in [0.25, 0.3) is 5.22 Å². The lowest BCUT2D eigenvalue weighted by Crippen LogP contribution is -2.13. The molecule has 0 spiro atoms. The summed E-state index contributed by atoms with van der Waals surface area (Å²) in [7, 11) is 0. The van der Waals surface area contributed by atoms with Gasteiger partial charge in [-0.25, -0.2) is 0 Å². The Morgan fingerprint density at radius 1 is 1.22 bits per heavy atom. The minimum atomic E-state index is -0.282. The van der Waals surface area contributed by atoms with Crippen LogP contribution in [0, 0.1) is 0 Å². The van der Waals surface area contributed by atoms with Crippen LogP contribution in [0.25, 0.3) is 0 Å². The van der Waals surface area contributed by atoms with Gasteiger partial charge in [-0.15, -0.1) is 10.2 Å². The van der Waals surface area contributed by atoms with Crippen molar-refractivity contribution in [2.45, 2.75) is 55.4 Å². The molecule has 6 heteroatoms. The molecule has 0 bridgehead atoms. The van der Waals surface area contributed by atoms with Gasteiger partial charge in [-0.1, -0.05) is 42.6 Å². The smallest absolute Gasteiger partial charge is 0.277 e. The number of thioether (sulfide) groups is 1. The van der Waals surface area contributed by atoms with Crippen molar-refractivity contribution in [2.24, 2.45) is 0 Å². The second kappa shape index (κ2) is 7.49. The molecule has 1 aliphatic carbocycles. The summed E-state index contributed by atoms with van der Waals surface area (Å²) in [5, 5.41) is 9.08. The van der Waals surface area contributed by atoms with Crippen LogP contribution in [0.3, 0.4) is 0 Å². The molecule has 1 heterocycles. The van der Waals surface area contributed by atoms with Gasteiger partial charge in [0.05, 0.1) is 5.25 Å². The summed E-state index contributed by atoms with van der Waals surface area (Å²) in [5.74, 6) is 1.13. The van der Waals surface area contributed by atoms with E-state index in [1.54, 1.807) is 24.3 Å². The first kappa shape index (κ1) is 16.5. The van der Waals surface area contributed by atoms with Crippen molar-refractivity contribution in [1.82, 2.24) is 10.2 Å². The first-order valence-corrected chi connectivity index (χ1v) is 9.19. The summed E-state index contributed by atoms with van der Waals surface area (Å²) in [6.45, 7) is 1.85. The van der Waals surface area contributed by atoms with E-state index < -0.39 is 0 Å². The van der Waals surface area contributed by atoms with Crippen molar-refractivity contribution in [1.29, 1.82) is 0 Å². The number of halogens is 1. The number of benzene rings is 1. The number of hydrogen-bond donors (Lipinski definition) is 0. The maximum atomic E-state index is 12.4. The van der Waals surface area contributed by atoms with Crippen molar-refractivity contribution in [3.8, 4) is 0 Å². The molecule has 3 rings (SSSR count). The van der Waals surface area contributed by atoms with Crippen molar-refractivity contribution < 1.29 is 9.21 Å². The standard InChI is InChI=1S/C17H19ClN2O2S/c1-11(15(21)12-7-9-14(18)10-8-12)23-17-20-19-16(22-17)13-5-3-2-4-6-13/h7-11,13H,2-6H2,1H3. The Labute approximate surface area is 145 Å². The summed E-state index contributed by atoms with van der Waals surface area (Å²) < 4.78 is 5.77. The molecular formula is C17H19ClN2O2S. The van der Waals surface area contributed by atoms with Gasteiger partial charge < -0.3 is 4.42 Å². The Balaban J connectivity index is 1.63. The fourth-order valence-electron chi connectivity index (χ4n) is 2.84. The molecule has 0 aliphatic heterocycles. The monoisotopic (exact) mass is 350 g/mol. The summed E-state index contributed by atoms with van der Waals surface area (Å²) in [5.41, 5.74) is 0.640. The van der Waals surface area contributed by atoms with Gasteiger partial charge in [0, 0.05) is 16.5 Å². The van der Waals surface area contributed by atoms with Crippen molar-refractivity contribution in [3.63, 3.8) is 0 Å². The SMILES string of the molecule is CC(Sc1nnc(C2CCCCC2)o1)C(=O)c1ccc(Cl)cc1. The highest BCUT2D eigenvalue weighted by atomic mass is 35.5. The van der Waals surface area contributed by atoms with Gasteiger partial charge >= 0.3 is 0 Å². The molecule has 1 saturated carbocycles. The highest BCUT2D eigenvalue weighted by Gasteiger charge is 2.24. The summed E-state index contributed by atoms with van der Waals surface area (Å²) >= 11 is 7.17. The van der Waals surface area contributed by atoms with E-state index in [1.165, 1.54) is 31.0 Å². The molecule has 122 valence electrons. The van der Waals surface area contributed by atoms with Gasteiger partial charge in [-0.3, -0.25) is 4.79 Å². The molecule has 0 radical (unpaired) electrons. The van der Waals surface area contributed by atoms with Crippen LogP contribution < -0.4 is 0 Å².